The third kappa shape index (κ3) is 4.10. The lowest BCUT2D eigenvalue weighted by molar-refractivity contribution is -0.184. The van der Waals surface area contributed by atoms with Crippen molar-refractivity contribution in [1.29, 1.82) is 0 Å². The molecule has 0 aromatic heterocycles. The molecule has 5 rings (SSSR count). The number of likely N-dealkylation sites (N-methyl/N-ethyl adjacent to an activating group) is 1. The van der Waals surface area contributed by atoms with Gasteiger partial charge in [-0.15, -0.1) is 0 Å². The van der Waals surface area contributed by atoms with E-state index in [4.69, 9.17) is 10.5 Å². The van der Waals surface area contributed by atoms with Crippen LogP contribution in [0.25, 0.3) is 5.76 Å². The second-order valence-corrected chi connectivity index (χ2v) is 11.5. The van der Waals surface area contributed by atoms with E-state index in [0.29, 0.717) is 17.9 Å². The summed E-state index contributed by atoms with van der Waals surface area (Å²) in [6.45, 7) is 0. The van der Waals surface area contributed by atoms with Gasteiger partial charge in [0.1, 0.15) is 28.9 Å². The van der Waals surface area contributed by atoms with Crippen molar-refractivity contribution in [2.24, 2.45) is 23.5 Å². The summed E-state index contributed by atoms with van der Waals surface area (Å²) in [5.74, 6) is -8.38. The highest BCUT2D eigenvalue weighted by atomic mass is 16.5. The van der Waals surface area contributed by atoms with E-state index in [1.807, 2.05) is 0 Å². The molecular formula is C29H34N2O9. The second-order valence-electron chi connectivity index (χ2n) is 11.5. The molecule has 5 atom stereocenters. The fourth-order valence-electron chi connectivity index (χ4n) is 7.15. The molecule has 11 heteroatoms. The first kappa shape index (κ1) is 27.9. The topological polar surface area (TPSA) is 188 Å². The third-order valence-corrected chi connectivity index (χ3v) is 9.01. The molecule has 0 spiro atoms. The molecule has 0 aliphatic heterocycles. The van der Waals surface area contributed by atoms with E-state index < -0.39 is 70.1 Å². The molecule has 214 valence electrons. The van der Waals surface area contributed by atoms with E-state index in [9.17, 15) is 39.6 Å². The second kappa shape index (κ2) is 10.0. The van der Waals surface area contributed by atoms with Crippen molar-refractivity contribution < 1.29 is 44.3 Å². The molecule has 40 heavy (non-hydrogen) atoms. The smallest absolute Gasteiger partial charge is 0.306 e. The van der Waals surface area contributed by atoms with Gasteiger partial charge in [0, 0.05) is 17.9 Å². The lowest BCUT2D eigenvalue weighted by Crippen LogP contribution is -2.70. The van der Waals surface area contributed by atoms with Crippen LogP contribution in [0.4, 0.5) is 0 Å². The molecule has 1 amide bonds. The van der Waals surface area contributed by atoms with Crippen LogP contribution in [-0.4, -0.2) is 80.6 Å². The molecule has 2 saturated carbocycles. The molecule has 2 fully saturated rings. The summed E-state index contributed by atoms with van der Waals surface area (Å²) in [4.78, 5) is 54.4. The minimum atomic E-state index is -2.93. The Labute approximate surface area is 230 Å². The Balaban J connectivity index is 1.68. The number of ketones is 2. The first-order chi connectivity index (χ1) is 18.9. The average molecular weight is 555 g/mol. The van der Waals surface area contributed by atoms with E-state index in [1.54, 1.807) is 12.1 Å². The largest absolute Gasteiger partial charge is 0.508 e. The van der Waals surface area contributed by atoms with Crippen LogP contribution < -0.4 is 5.73 Å². The molecule has 1 aromatic carbocycles. The quantitative estimate of drug-likeness (QED) is 0.254. The summed E-state index contributed by atoms with van der Waals surface area (Å²) in [7, 11) is 2.98. The number of rotatable bonds is 6. The lowest BCUT2D eigenvalue weighted by atomic mass is 9.56. The van der Waals surface area contributed by atoms with Crippen molar-refractivity contribution in [2.45, 2.75) is 62.7 Å². The molecular weight excluding hydrogens is 520 g/mol. The number of primary amides is 1. The van der Waals surface area contributed by atoms with Gasteiger partial charge in [-0.2, -0.15) is 0 Å². The normalized spacial score (nSPS) is 30.3. The summed E-state index contributed by atoms with van der Waals surface area (Å²) in [6, 6.07) is 3.15. The monoisotopic (exact) mass is 554 g/mol. The number of amides is 1. The molecule has 0 radical (unpaired) electrons. The summed E-state index contributed by atoms with van der Waals surface area (Å²) in [5.41, 5.74) is 1.61. The predicted molar refractivity (Wildman–Crippen MR) is 141 cm³/mol. The number of benzene rings is 1. The van der Waals surface area contributed by atoms with Gasteiger partial charge in [0.15, 0.2) is 11.4 Å². The summed E-state index contributed by atoms with van der Waals surface area (Å²) in [5, 5.41) is 44.9. The van der Waals surface area contributed by atoms with Crippen molar-refractivity contribution in [3.8, 4) is 5.75 Å². The van der Waals surface area contributed by atoms with Crippen molar-refractivity contribution >= 4 is 29.2 Å². The Bertz CT molecular complexity index is 1360. The Kier molecular flexibility index (Phi) is 6.99. The summed E-state index contributed by atoms with van der Waals surface area (Å²) >= 11 is 0. The standard InChI is InChI=1S/C29H34N2O9/c1-31(2)22-21-25(40-17(33)11-10-13-6-3-4-7-13)15-12-14-8-5-9-16(32)18(14)23(34)19(15)26(36)29(21,39)27(37)20(24(22)35)28(30)38/h5,8-9,13,15,21-22,25,32,34,37,39H,3-4,6-7,10-12H2,1-2H3,(H2,30,38)/t15-,21-,22+,25+,29+/m0/s1. The minimum Gasteiger partial charge on any atom is -0.508 e. The van der Waals surface area contributed by atoms with E-state index in [1.165, 1.54) is 25.1 Å². The van der Waals surface area contributed by atoms with Crippen LogP contribution in [0.3, 0.4) is 0 Å². The van der Waals surface area contributed by atoms with Gasteiger partial charge in [-0.25, -0.2) is 0 Å². The SMILES string of the molecule is CN(C)[C@H]1C(=O)C(C(N)=O)=C(O)[C@]2(O)C(=O)C3=C(O)c4c(O)cccc4C[C@@H]3[C@@H](OC(=O)CCC3CCCC3)[C@H]12. The number of phenolic OH excluding ortho intramolecular Hbond substituents is 1. The number of carbonyl (C=O) groups is 4. The van der Waals surface area contributed by atoms with Crippen LogP contribution in [0.5, 0.6) is 5.75 Å². The molecule has 0 heterocycles. The predicted octanol–water partition coefficient (Wildman–Crippen LogP) is 1.46. The number of ether oxygens (including phenoxy) is 1. The number of esters is 1. The molecule has 0 unspecified atom stereocenters. The molecule has 0 bridgehead atoms. The van der Waals surface area contributed by atoms with Crippen LogP contribution in [0.15, 0.2) is 35.1 Å². The summed E-state index contributed by atoms with van der Waals surface area (Å²) < 4.78 is 5.98. The van der Waals surface area contributed by atoms with E-state index in [-0.39, 0.29) is 29.7 Å². The highest BCUT2D eigenvalue weighted by Crippen LogP contribution is 2.53. The summed E-state index contributed by atoms with van der Waals surface area (Å²) in [6.07, 6.45) is 3.57. The number of fused-ring (bicyclic) bond motifs is 3. The van der Waals surface area contributed by atoms with Crippen molar-refractivity contribution in [2.75, 3.05) is 14.1 Å². The van der Waals surface area contributed by atoms with Crippen LogP contribution in [-0.2, 0) is 30.3 Å². The van der Waals surface area contributed by atoms with E-state index >= 15 is 0 Å². The van der Waals surface area contributed by atoms with Crippen molar-refractivity contribution in [3.63, 3.8) is 0 Å². The van der Waals surface area contributed by atoms with Gasteiger partial charge in [-0.3, -0.25) is 24.1 Å². The maximum atomic E-state index is 14.1. The Morgan fingerprint density at radius 2 is 1.80 bits per heavy atom. The van der Waals surface area contributed by atoms with Gasteiger partial charge in [-0.1, -0.05) is 37.8 Å². The number of hydrogen-bond acceptors (Lipinski definition) is 10. The number of hydrogen-bond donors (Lipinski definition) is 5. The highest BCUT2D eigenvalue weighted by molar-refractivity contribution is 6.24. The third-order valence-electron chi connectivity index (χ3n) is 9.01. The van der Waals surface area contributed by atoms with Crippen LogP contribution in [0, 0.1) is 17.8 Å². The Morgan fingerprint density at radius 1 is 1.12 bits per heavy atom. The van der Waals surface area contributed by atoms with Crippen molar-refractivity contribution in [3.05, 3.63) is 46.2 Å². The highest BCUT2D eigenvalue weighted by Gasteiger charge is 2.68. The number of phenols is 1. The fraction of sp³-hybridized carbons (Fsp3) is 0.517. The minimum absolute atomic E-state index is 0.0231. The molecule has 6 N–H and O–H groups in total. The van der Waals surface area contributed by atoms with Gasteiger partial charge in [0.2, 0.25) is 5.78 Å². The van der Waals surface area contributed by atoms with E-state index in [2.05, 4.69) is 0 Å². The number of Topliss-reactive ketones (excluding diaryl/α,β-unsaturated/α-hetero) is 2. The zero-order valence-electron chi connectivity index (χ0n) is 22.4. The molecule has 0 saturated heterocycles. The zero-order chi connectivity index (χ0) is 29.1. The molecule has 11 nitrogen and oxygen atoms in total. The number of aliphatic hydroxyl groups is 3. The lowest BCUT2D eigenvalue weighted by Gasteiger charge is -2.53. The maximum absolute atomic E-state index is 14.1. The van der Waals surface area contributed by atoms with Crippen LogP contribution >= 0.6 is 0 Å². The van der Waals surface area contributed by atoms with Gasteiger partial charge < -0.3 is 30.9 Å². The first-order valence-electron chi connectivity index (χ1n) is 13.5. The van der Waals surface area contributed by atoms with Gasteiger partial charge in [-0.05, 0) is 44.5 Å². The fourth-order valence-corrected chi connectivity index (χ4v) is 7.15. The van der Waals surface area contributed by atoms with Gasteiger partial charge in [0.25, 0.3) is 5.91 Å². The van der Waals surface area contributed by atoms with Crippen LogP contribution in [0.1, 0.15) is 49.7 Å². The Morgan fingerprint density at radius 3 is 2.42 bits per heavy atom. The molecule has 4 aliphatic rings. The molecule has 4 aliphatic carbocycles. The van der Waals surface area contributed by atoms with E-state index in [0.717, 1.165) is 25.7 Å². The van der Waals surface area contributed by atoms with Crippen molar-refractivity contribution in [1.82, 2.24) is 4.90 Å². The number of carbonyl (C=O) groups excluding carboxylic acids is 4. The maximum Gasteiger partial charge on any atom is 0.306 e. The first-order valence-corrected chi connectivity index (χ1v) is 13.5. The number of aromatic hydroxyl groups is 1. The zero-order valence-corrected chi connectivity index (χ0v) is 22.4. The van der Waals surface area contributed by atoms with Gasteiger partial charge >= 0.3 is 5.97 Å². The van der Waals surface area contributed by atoms with Crippen LogP contribution in [0.2, 0.25) is 0 Å². The average Bonchev–Trinajstić information content (AvgIpc) is 3.40. The number of nitrogens with two attached hydrogens (primary N) is 1. The Hall–Kier alpha value is -3.70. The number of aliphatic hydroxyl groups excluding tert-OH is 2. The van der Waals surface area contributed by atoms with Gasteiger partial charge in [0.05, 0.1) is 17.5 Å². The number of nitrogens with zero attached hydrogens (tertiary/aromatic N) is 1. The molecule has 1 aromatic rings.